The van der Waals surface area contributed by atoms with Gasteiger partial charge in [-0.3, -0.25) is 9.58 Å². The van der Waals surface area contributed by atoms with Gasteiger partial charge in [-0.15, -0.1) is 0 Å². The Morgan fingerprint density at radius 3 is 2.74 bits per heavy atom. The highest BCUT2D eigenvalue weighted by Crippen LogP contribution is 2.29. The predicted octanol–water partition coefficient (Wildman–Crippen LogP) is 3.17. The van der Waals surface area contributed by atoms with Gasteiger partial charge in [0.05, 0.1) is 29.7 Å². The van der Waals surface area contributed by atoms with Crippen molar-refractivity contribution in [3.05, 3.63) is 65.3 Å². The number of aromatic nitrogens is 7. The molecule has 0 aliphatic carbocycles. The third-order valence-corrected chi connectivity index (χ3v) is 6.32. The number of anilines is 2. The topological polar surface area (TPSA) is 98.8 Å². The third-order valence-electron chi connectivity index (χ3n) is 6.32. The van der Waals surface area contributed by atoms with Crippen LogP contribution >= 0.6 is 0 Å². The van der Waals surface area contributed by atoms with Gasteiger partial charge in [0, 0.05) is 69.7 Å². The second-order valence-electron chi connectivity index (χ2n) is 9.13. The standard InChI is InChI=1S/C25H31N9O/c1-16-10-27-25(29-23-8-17(2)31-32(23)4)30-24(16)19-9-21-13-34(12-20-6-7-26-18(3)28-20)22(15-35-5)14-33(21)11-19/h6-11,22H,12-15H2,1-5H3,(H,27,29,30)/t22-/m1/s1. The number of methoxy groups -OCH3 is 1. The van der Waals surface area contributed by atoms with E-state index in [-0.39, 0.29) is 6.04 Å². The zero-order valence-corrected chi connectivity index (χ0v) is 20.9. The van der Waals surface area contributed by atoms with Crippen molar-refractivity contribution in [2.75, 3.05) is 19.0 Å². The summed E-state index contributed by atoms with van der Waals surface area (Å²) in [6, 6.07) is 6.44. The van der Waals surface area contributed by atoms with Crippen LogP contribution in [0.15, 0.2) is 36.8 Å². The van der Waals surface area contributed by atoms with Crippen molar-refractivity contribution in [1.29, 1.82) is 0 Å². The lowest BCUT2D eigenvalue weighted by molar-refractivity contribution is 0.0532. The van der Waals surface area contributed by atoms with Crippen LogP contribution in [-0.2, 0) is 31.4 Å². The van der Waals surface area contributed by atoms with Crippen LogP contribution in [-0.4, -0.2) is 58.9 Å². The molecule has 0 saturated heterocycles. The second-order valence-corrected chi connectivity index (χ2v) is 9.13. The maximum absolute atomic E-state index is 5.56. The summed E-state index contributed by atoms with van der Waals surface area (Å²) in [5, 5.41) is 7.68. The van der Waals surface area contributed by atoms with E-state index in [0.717, 1.165) is 59.5 Å². The molecule has 0 radical (unpaired) electrons. The Kier molecular flexibility index (Phi) is 6.31. The number of hydrogen-bond acceptors (Lipinski definition) is 8. The Morgan fingerprint density at radius 2 is 2.00 bits per heavy atom. The monoisotopic (exact) mass is 473 g/mol. The summed E-state index contributed by atoms with van der Waals surface area (Å²) in [4.78, 5) is 20.6. The summed E-state index contributed by atoms with van der Waals surface area (Å²) in [6.07, 6.45) is 5.88. The average Bonchev–Trinajstić information content (AvgIpc) is 3.36. The molecule has 1 N–H and O–H groups in total. The van der Waals surface area contributed by atoms with Crippen molar-refractivity contribution >= 4 is 11.8 Å². The lowest BCUT2D eigenvalue weighted by atomic mass is 10.1. The molecule has 5 rings (SSSR count). The van der Waals surface area contributed by atoms with E-state index in [4.69, 9.17) is 9.72 Å². The quantitative estimate of drug-likeness (QED) is 0.437. The zero-order valence-electron chi connectivity index (χ0n) is 20.9. The lowest BCUT2D eigenvalue weighted by Crippen LogP contribution is -2.44. The van der Waals surface area contributed by atoms with Crippen LogP contribution in [0.1, 0.15) is 28.5 Å². The molecule has 5 heterocycles. The van der Waals surface area contributed by atoms with Crippen molar-refractivity contribution in [2.24, 2.45) is 7.05 Å². The van der Waals surface area contributed by atoms with Crippen LogP contribution in [0, 0.1) is 20.8 Å². The second kappa shape index (κ2) is 9.55. The molecule has 0 unspecified atom stereocenters. The molecule has 0 bridgehead atoms. The molecule has 1 aliphatic heterocycles. The van der Waals surface area contributed by atoms with E-state index in [9.17, 15) is 0 Å². The Labute approximate surface area is 205 Å². The molecule has 4 aromatic heterocycles. The minimum absolute atomic E-state index is 0.250. The van der Waals surface area contributed by atoms with Crippen molar-refractivity contribution in [3.63, 3.8) is 0 Å². The molecular weight excluding hydrogens is 442 g/mol. The molecule has 0 amide bonds. The Morgan fingerprint density at radius 1 is 1.14 bits per heavy atom. The molecule has 0 fully saturated rings. The highest BCUT2D eigenvalue weighted by atomic mass is 16.5. The number of hydrogen-bond donors (Lipinski definition) is 1. The summed E-state index contributed by atoms with van der Waals surface area (Å²) < 4.78 is 9.67. The van der Waals surface area contributed by atoms with E-state index >= 15 is 0 Å². The first-order chi connectivity index (χ1) is 16.9. The van der Waals surface area contributed by atoms with Gasteiger partial charge in [-0.25, -0.2) is 19.9 Å². The number of rotatable bonds is 7. The number of aryl methyl sites for hydroxylation is 4. The van der Waals surface area contributed by atoms with Crippen LogP contribution in [0.2, 0.25) is 0 Å². The van der Waals surface area contributed by atoms with E-state index in [1.165, 1.54) is 5.69 Å². The minimum Gasteiger partial charge on any atom is -0.383 e. The van der Waals surface area contributed by atoms with Gasteiger partial charge < -0.3 is 14.6 Å². The Balaban J connectivity index is 1.41. The summed E-state index contributed by atoms with van der Waals surface area (Å²) in [5.74, 6) is 2.20. The number of nitrogens with one attached hydrogen (secondary N) is 1. The number of ether oxygens (including phenoxy) is 1. The molecule has 182 valence electrons. The molecule has 10 heteroatoms. The first-order valence-corrected chi connectivity index (χ1v) is 11.7. The number of nitrogens with zero attached hydrogens (tertiary/aromatic N) is 8. The van der Waals surface area contributed by atoms with Crippen LogP contribution < -0.4 is 5.32 Å². The summed E-state index contributed by atoms with van der Waals surface area (Å²) in [5.41, 5.74) is 6.24. The highest BCUT2D eigenvalue weighted by molar-refractivity contribution is 5.65. The molecule has 4 aromatic rings. The summed E-state index contributed by atoms with van der Waals surface area (Å²) >= 11 is 0. The molecule has 1 aliphatic rings. The molecule has 0 saturated carbocycles. The molecule has 35 heavy (non-hydrogen) atoms. The lowest BCUT2D eigenvalue weighted by Gasteiger charge is -2.36. The van der Waals surface area contributed by atoms with E-state index < -0.39 is 0 Å². The van der Waals surface area contributed by atoms with Gasteiger partial charge in [-0.1, -0.05) is 0 Å². The largest absolute Gasteiger partial charge is 0.383 e. The summed E-state index contributed by atoms with van der Waals surface area (Å²) in [7, 11) is 3.66. The van der Waals surface area contributed by atoms with Crippen molar-refractivity contribution < 1.29 is 4.74 Å². The fraction of sp³-hybridized carbons (Fsp3) is 0.400. The summed E-state index contributed by atoms with van der Waals surface area (Å²) in [6.45, 7) is 8.99. The van der Waals surface area contributed by atoms with E-state index in [0.29, 0.717) is 12.6 Å². The van der Waals surface area contributed by atoms with Crippen LogP contribution in [0.3, 0.4) is 0 Å². The van der Waals surface area contributed by atoms with Crippen molar-refractivity contribution in [2.45, 2.75) is 46.4 Å². The van der Waals surface area contributed by atoms with Gasteiger partial charge in [0.25, 0.3) is 0 Å². The number of fused-ring (bicyclic) bond motifs is 1. The molecular formula is C25H31N9O. The van der Waals surface area contributed by atoms with Gasteiger partial charge in [0.2, 0.25) is 5.95 Å². The fourth-order valence-corrected chi connectivity index (χ4v) is 4.64. The first-order valence-electron chi connectivity index (χ1n) is 11.7. The van der Waals surface area contributed by atoms with Gasteiger partial charge in [-0.05, 0) is 38.5 Å². The maximum Gasteiger partial charge on any atom is 0.228 e. The minimum atomic E-state index is 0.250. The highest BCUT2D eigenvalue weighted by Gasteiger charge is 2.27. The van der Waals surface area contributed by atoms with Crippen LogP contribution in [0.5, 0.6) is 0 Å². The molecule has 0 spiro atoms. The van der Waals surface area contributed by atoms with E-state index in [1.54, 1.807) is 11.8 Å². The maximum atomic E-state index is 5.56. The van der Waals surface area contributed by atoms with Gasteiger partial charge in [0.1, 0.15) is 11.6 Å². The van der Waals surface area contributed by atoms with Crippen LogP contribution in [0.25, 0.3) is 11.3 Å². The van der Waals surface area contributed by atoms with Gasteiger partial charge in [-0.2, -0.15) is 5.10 Å². The normalized spacial score (nSPS) is 15.9. The Bertz CT molecular complexity index is 1340. The zero-order chi connectivity index (χ0) is 24.5. The predicted molar refractivity (Wildman–Crippen MR) is 133 cm³/mol. The van der Waals surface area contributed by atoms with E-state index in [1.807, 2.05) is 52.3 Å². The van der Waals surface area contributed by atoms with Gasteiger partial charge >= 0.3 is 0 Å². The van der Waals surface area contributed by atoms with Gasteiger partial charge in [0.15, 0.2) is 0 Å². The SMILES string of the molecule is COC[C@H]1Cn2cc(-c3nc(Nc4cc(C)nn4C)ncc3C)cc2CN1Cc1ccnc(C)n1. The average molecular weight is 474 g/mol. The van der Waals surface area contributed by atoms with Crippen LogP contribution in [0.4, 0.5) is 11.8 Å². The van der Waals surface area contributed by atoms with Crippen molar-refractivity contribution in [3.8, 4) is 11.3 Å². The van der Waals surface area contributed by atoms with Crippen molar-refractivity contribution in [1.82, 2.24) is 39.2 Å². The smallest absolute Gasteiger partial charge is 0.228 e. The third kappa shape index (κ3) is 4.94. The molecule has 1 atom stereocenters. The molecule has 0 aromatic carbocycles. The first kappa shape index (κ1) is 23.1. The molecule has 10 nitrogen and oxygen atoms in total. The fourth-order valence-electron chi connectivity index (χ4n) is 4.64. The Hall–Kier alpha value is -3.63. The van der Waals surface area contributed by atoms with E-state index in [2.05, 4.69) is 47.1 Å².